The molecule has 0 spiro atoms. The molecule has 0 radical (unpaired) electrons. The quantitative estimate of drug-likeness (QED) is 0.604. The molecule has 4 nitrogen and oxygen atoms in total. The molecule has 0 atom stereocenters. The zero-order valence-electron chi connectivity index (χ0n) is 9.16. The first-order valence-corrected chi connectivity index (χ1v) is 4.61. The molecule has 0 aliphatic rings. The van der Waals surface area contributed by atoms with Crippen molar-refractivity contribution in [1.29, 1.82) is 0 Å². The highest BCUT2D eigenvalue weighted by molar-refractivity contribution is 5.71. The number of benzene rings is 1. The standard InChI is InChI=1S/C11H15NO3/c1-7-4-9(12)5-8(2)11(7)15-6-10(13)14-3/h4-5H,6,12H2,1-3H3. The summed E-state index contributed by atoms with van der Waals surface area (Å²) in [4.78, 5) is 10.9. The summed E-state index contributed by atoms with van der Waals surface area (Å²) >= 11 is 0. The molecule has 0 aromatic heterocycles. The molecule has 1 rings (SSSR count). The van der Waals surface area contributed by atoms with Gasteiger partial charge in [-0.05, 0) is 37.1 Å². The van der Waals surface area contributed by atoms with Gasteiger partial charge in [0.25, 0.3) is 0 Å². The number of methoxy groups -OCH3 is 1. The highest BCUT2D eigenvalue weighted by atomic mass is 16.6. The Kier molecular flexibility index (Phi) is 3.55. The topological polar surface area (TPSA) is 61.5 Å². The Hall–Kier alpha value is -1.71. The molecule has 1 aromatic carbocycles. The van der Waals surface area contributed by atoms with Gasteiger partial charge in [0.1, 0.15) is 5.75 Å². The maximum atomic E-state index is 10.9. The maximum absolute atomic E-state index is 10.9. The number of aryl methyl sites for hydroxylation is 2. The molecular weight excluding hydrogens is 194 g/mol. The second-order valence-electron chi connectivity index (χ2n) is 3.35. The second kappa shape index (κ2) is 4.68. The number of carbonyl (C=O) groups excluding carboxylic acids is 1. The van der Waals surface area contributed by atoms with Crippen LogP contribution >= 0.6 is 0 Å². The van der Waals surface area contributed by atoms with Crippen LogP contribution in [0.4, 0.5) is 5.69 Å². The van der Waals surface area contributed by atoms with E-state index >= 15 is 0 Å². The summed E-state index contributed by atoms with van der Waals surface area (Å²) in [5, 5.41) is 0. The van der Waals surface area contributed by atoms with Gasteiger partial charge < -0.3 is 15.2 Å². The van der Waals surface area contributed by atoms with E-state index in [0.717, 1.165) is 11.1 Å². The smallest absolute Gasteiger partial charge is 0.343 e. The summed E-state index contributed by atoms with van der Waals surface area (Å²) < 4.78 is 9.83. The van der Waals surface area contributed by atoms with Crippen molar-refractivity contribution in [2.45, 2.75) is 13.8 Å². The fourth-order valence-electron chi connectivity index (χ4n) is 1.40. The Balaban J connectivity index is 2.81. The lowest BCUT2D eigenvalue weighted by atomic mass is 10.1. The number of rotatable bonds is 3. The van der Waals surface area contributed by atoms with Crippen molar-refractivity contribution in [2.75, 3.05) is 19.5 Å². The van der Waals surface area contributed by atoms with Crippen LogP contribution in [0.2, 0.25) is 0 Å². The second-order valence-corrected chi connectivity index (χ2v) is 3.35. The monoisotopic (exact) mass is 209 g/mol. The van der Waals surface area contributed by atoms with E-state index in [2.05, 4.69) is 4.74 Å². The lowest BCUT2D eigenvalue weighted by molar-refractivity contribution is -0.142. The molecule has 0 saturated heterocycles. The predicted octanol–water partition coefficient (Wildman–Crippen LogP) is 1.44. The van der Waals surface area contributed by atoms with E-state index in [1.54, 1.807) is 12.1 Å². The summed E-state index contributed by atoms with van der Waals surface area (Å²) in [6.45, 7) is 3.69. The lowest BCUT2D eigenvalue weighted by Gasteiger charge is -2.11. The number of carbonyl (C=O) groups is 1. The zero-order valence-corrected chi connectivity index (χ0v) is 9.16. The number of hydrogen-bond donors (Lipinski definition) is 1. The van der Waals surface area contributed by atoms with E-state index < -0.39 is 5.97 Å². The van der Waals surface area contributed by atoms with Crippen LogP contribution in [0.15, 0.2) is 12.1 Å². The van der Waals surface area contributed by atoms with Gasteiger partial charge >= 0.3 is 5.97 Å². The average Bonchev–Trinajstić information content (AvgIpc) is 2.15. The maximum Gasteiger partial charge on any atom is 0.343 e. The highest BCUT2D eigenvalue weighted by Crippen LogP contribution is 2.25. The van der Waals surface area contributed by atoms with Crippen molar-refractivity contribution in [1.82, 2.24) is 0 Å². The molecule has 0 bridgehead atoms. The van der Waals surface area contributed by atoms with Crippen molar-refractivity contribution >= 4 is 11.7 Å². The average molecular weight is 209 g/mol. The molecule has 15 heavy (non-hydrogen) atoms. The minimum atomic E-state index is -0.398. The summed E-state index contributed by atoms with van der Waals surface area (Å²) in [6.07, 6.45) is 0. The molecule has 1 aromatic rings. The van der Waals surface area contributed by atoms with Crippen molar-refractivity contribution in [3.8, 4) is 5.75 Å². The van der Waals surface area contributed by atoms with E-state index in [4.69, 9.17) is 10.5 Å². The van der Waals surface area contributed by atoms with Crippen LogP contribution in [0.5, 0.6) is 5.75 Å². The number of anilines is 1. The minimum absolute atomic E-state index is 0.0813. The minimum Gasteiger partial charge on any atom is -0.481 e. The first-order chi connectivity index (χ1) is 7.04. The molecule has 82 valence electrons. The molecule has 0 amide bonds. The van der Waals surface area contributed by atoms with Crippen LogP contribution in [-0.2, 0) is 9.53 Å². The number of esters is 1. The van der Waals surface area contributed by atoms with Gasteiger partial charge in [-0.2, -0.15) is 0 Å². The van der Waals surface area contributed by atoms with Gasteiger partial charge in [-0.25, -0.2) is 4.79 Å². The Morgan fingerprint density at radius 2 is 1.87 bits per heavy atom. The number of ether oxygens (including phenoxy) is 2. The van der Waals surface area contributed by atoms with Crippen molar-refractivity contribution in [2.24, 2.45) is 0 Å². The van der Waals surface area contributed by atoms with Gasteiger partial charge in [0.15, 0.2) is 6.61 Å². The van der Waals surface area contributed by atoms with Gasteiger partial charge in [-0.1, -0.05) is 0 Å². The first kappa shape index (κ1) is 11.4. The Morgan fingerprint density at radius 1 is 1.33 bits per heavy atom. The molecular formula is C11H15NO3. The van der Waals surface area contributed by atoms with E-state index in [-0.39, 0.29) is 6.61 Å². The highest BCUT2D eigenvalue weighted by Gasteiger charge is 2.07. The normalized spacial score (nSPS) is 9.80. The third-order valence-corrected chi connectivity index (χ3v) is 2.04. The van der Waals surface area contributed by atoms with Gasteiger partial charge in [-0.3, -0.25) is 0 Å². The molecule has 0 heterocycles. The summed E-state index contributed by atoms with van der Waals surface area (Å²) in [7, 11) is 1.33. The van der Waals surface area contributed by atoms with Crippen molar-refractivity contribution in [3.63, 3.8) is 0 Å². The fraction of sp³-hybridized carbons (Fsp3) is 0.364. The van der Waals surface area contributed by atoms with Gasteiger partial charge in [0.05, 0.1) is 7.11 Å². The fourth-order valence-corrected chi connectivity index (χ4v) is 1.40. The van der Waals surface area contributed by atoms with Gasteiger partial charge in [0, 0.05) is 5.69 Å². The number of nitrogen functional groups attached to an aromatic ring is 1. The molecule has 2 N–H and O–H groups in total. The number of hydrogen-bond acceptors (Lipinski definition) is 4. The largest absolute Gasteiger partial charge is 0.481 e. The van der Waals surface area contributed by atoms with Crippen LogP contribution in [0.3, 0.4) is 0 Å². The van der Waals surface area contributed by atoms with E-state index in [1.807, 2.05) is 13.8 Å². The Bertz CT molecular complexity index is 351. The molecule has 0 unspecified atom stereocenters. The van der Waals surface area contributed by atoms with Crippen LogP contribution in [0.25, 0.3) is 0 Å². The predicted molar refractivity (Wildman–Crippen MR) is 57.8 cm³/mol. The van der Waals surface area contributed by atoms with E-state index in [1.165, 1.54) is 7.11 Å². The van der Waals surface area contributed by atoms with Crippen LogP contribution in [0, 0.1) is 13.8 Å². The molecule has 4 heteroatoms. The molecule has 0 aliphatic heterocycles. The van der Waals surface area contributed by atoms with Crippen molar-refractivity contribution < 1.29 is 14.3 Å². The molecule has 0 fully saturated rings. The molecule has 0 aliphatic carbocycles. The lowest BCUT2D eigenvalue weighted by Crippen LogP contribution is -2.13. The van der Waals surface area contributed by atoms with Crippen LogP contribution in [-0.4, -0.2) is 19.7 Å². The third-order valence-electron chi connectivity index (χ3n) is 2.04. The Labute approximate surface area is 89.0 Å². The van der Waals surface area contributed by atoms with E-state index in [0.29, 0.717) is 11.4 Å². The third kappa shape index (κ3) is 2.87. The van der Waals surface area contributed by atoms with Crippen LogP contribution < -0.4 is 10.5 Å². The van der Waals surface area contributed by atoms with Crippen LogP contribution in [0.1, 0.15) is 11.1 Å². The summed E-state index contributed by atoms with van der Waals surface area (Å²) in [5.74, 6) is 0.292. The summed E-state index contributed by atoms with van der Waals surface area (Å²) in [6, 6.07) is 3.61. The first-order valence-electron chi connectivity index (χ1n) is 4.61. The Morgan fingerprint density at radius 3 is 2.33 bits per heavy atom. The number of nitrogens with two attached hydrogens (primary N) is 1. The summed E-state index contributed by atoms with van der Waals surface area (Å²) in [5.41, 5.74) is 8.18. The van der Waals surface area contributed by atoms with Gasteiger partial charge in [0.2, 0.25) is 0 Å². The SMILES string of the molecule is COC(=O)COc1c(C)cc(N)cc1C. The van der Waals surface area contributed by atoms with Gasteiger partial charge in [-0.15, -0.1) is 0 Å². The zero-order chi connectivity index (χ0) is 11.4. The van der Waals surface area contributed by atoms with Crippen molar-refractivity contribution in [3.05, 3.63) is 23.3 Å². The molecule has 0 saturated carbocycles. The van der Waals surface area contributed by atoms with E-state index in [9.17, 15) is 4.79 Å².